The summed E-state index contributed by atoms with van der Waals surface area (Å²) in [4.78, 5) is 0. The molecule has 0 atom stereocenters. The summed E-state index contributed by atoms with van der Waals surface area (Å²) in [5, 5.41) is 4.62. The molecule has 0 aliphatic rings. The molecular weight excluding hydrogens is 304 g/mol. The molecule has 3 aromatic rings. The zero-order chi connectivity index (χ0) is 17.1. The van der Waals surface area contributed by atoms with Crippen molar-refractivity contribution in [2.75, 3.05) is 21.3 Å². The summed E-state index contributed by atoms with van der Waals surface area (Å²) in [5.74, 6) is 1.97. The monoisotopic (exact) mass is 324 g/mol. The lowest BCUT2D eigenvalue weighted by Crippen LogP contribution is -2.01. The highest BCUT2D eigenvalue weighted by Gasteiger charge is 2.18. The van der Waals surface area contributed by atoms with Gasteiger partial charge in [-0.3, -0.25) is 0 Å². The second kappa shape index (κ2) is 6.66. The second-order valence-electron chi connectivity index (χ2n) is 5.33. The van der Waals surface area contributed by atoms with Crippen molar-refractivity contribution in [3.05, 3.63) is 54.2 Å². The highest BCUT2D eigenvalue weighted by Crippen LogP contribution is 2.40. The maximum absolute atomic E-state index is 5.57. The molecule has 3 rings (SSSR count). The van der Waals surface area contributed by atoms with E-state index in [4.69, 9.17) is 14.2 Å². The van der Waals surface area contributed by atoms with Gasteiger partial charge in [0, 0.05) is 11.6 Å². The first-order chi connectivity index (χ1) is 11.7. The number of aromatic nitrogens is 2. The summed E-state index contributed by atoms with van der Waals surface area (Å²) in [5.41, 5.74) is 3.72. The molecule has 0 aliphatic carbocycles. The molecule has 0 bridgehead atoms. The van der Waals surface area contributed by atoms with E-state index in [1.807, 2.05) is 60.1 Å². The Bertz CT molecular complexity index is 841. The molecule has 0 aliphatic heterocycles. The quantitative estimate of drug-likeness (QED) is 0.714. The molecule has 5 nitrogen and oxygen atoms in total. The van der Waals surface area contributed by atoms with Crippen LogP contribution < -0.4 is 14.2 Å². The SMILES string of the molecule is COc1cc(OC)c(-c2cc(C)nn2-c2ccccc2)cc1OC. The van der Waals surface area contributed by atoms with Crippen molar-refractivity contribution in [3.8, 4) is 34.2 Å². The predicted molar refractivity (Wildman–Crippen MR) is 93.4 cm³/mol. The number of para-hydroxylation sites is 1. The zero-order valence-corrected chi connectivity index (χ0v) is 14.2. The van der Waals surface area contributed by atoms with Crippen LogP contribution in [0.1, 0.15) is 5.69 Å². The van der Waals surface area contributed by atoms with Crippen LogP contribution in [0, 0.1) is 6.92 Å². The van der Waals surface area contributed by atoms with Crippen molar-refractivity contribution in [2.24, 2.45) is 0 Å². The Morgan fingerprint density at radius 3 is 2.04 bits per heavy atom. The Labute approximate surface area is 141 Å². The van der Waals surface area contributed by atoms with Crippen molar-refractivity contribution in [2.45, 2.75) is 6.92 Å². The van der Waals surface area contributed by atoms with Crippen molar-refractivity contribution < 1.29 is 14.2 Å². The van der Waals surface area contributed by atoms with E-state index in [0.29, 0.717) is 17.2 Å². The van der Waals surface area contributed by atoms with Crippen molar-refractivity contribution in [1.82, 2.24) is 9.78 Å². The van der Waals surface area contributed by atoms with Crippen LogP contribution in [0.2, 0.25) is 0 Å². The van der Waals surface area contributed by atoms with Gasteiger partial charge in [0.05, 0.1) is 38.4 Å². The zero-order valence-electron chi connectivity index (χ0n) is 14.2. The van der Waals surface area contributed by atoms with Gasteiger partial charge in [0.15, 0.2) is 11.5 Å². The van der Waals surface area contributed by atoms with E-state index in [-0.39, 0.29) is 0 Å². The molecule has 2 aromatic carbocycles. The third kappa shape index (κ3) is 2.80. The van der Waals surface area contributed by atoms with Crippen LogP contribution in [0.15, 0.2) is 48.5 Å². The van der Waals surface area contributed by atoms with Crippen LogP contribution in [0.5, 0.6) is 17.2 Å². The Morgan fingerprint density at radius 2 is 1.42 bits per heavy atom. The third-order valence-electron chi connectivity index (χ3n) is 3.81. The van der Waals surface area contributed by atoms with E-state index in [1.165, 1.54) is 0 Å². The van der Waals surface area contributed by atoms with Crippen molar-refractivity contribution >= 4 is 0 Å². The lowest BCUT2D eigenvalue weighted by molar-refractivity contribution is 0.349. The summed E-state index contributed by atoms with van der Waals surface area (Å²) in [6.07, 6.45) is 0. The average molecular weight is 324 g/mol. The number of nitrogens with zero attached hydrogens (tertiary/aromatic N) is 2. The fourth-order valence-corrected chi connectivity index (χ4v) is 2.69. The summed E-state index contributed by atoms with van der Waals surface area (Å²) in [6, 6.07) is 15.8. The molecule has 0 amide bonds. The first kappa shape index (κ1) is 15.9. The number of hydrogen-bond acceptors (Lipinski definition) is 4. The second-order valence-corrected chi connectivity index (χ2v) is 5.33. The molecule has 1 aromatic heterocycles. The average Bonchev–Trinajstić information content (AvgIpc) is 3.02. The molecule has 0 spiro atoms. The van der Waals surface area contributed by atoms with Gasteiger partial charge in [-0.1, -0.05) is 18.2 Å². The van der Waals surface area contributed by atoms with E-state index < -0.39 is 0 Å². The standard InChI is InChI=1S/C19H20N2O3/c1-13-10-16(21(20-13)14-8-6-5-7-9-14)15-11-18(23-3)19(24-4)12-17(15)22-2/h5-12H,1-4H3. The summed E-state index contributed by atoms with van der Waals surface area (Å²) in [7, 11) is 4.87. The van der Waals surface area contributed by atoms with Gasteiger partial charge >= 0.3 is 0 Å². The van der Waals surface area contributed by atoms with Gasteiger partial charge in [-0.05, 0) is 31.2 Å². The molecule has 24 heavy (non-hydrogen) atoms. The van der Waals surface area contributed by atoms with Crippen molar-refractivity contribution in [1.29, 1.82) is 0 Å². The van der Waals surface area contributed by atoms with Crippen LogP contribution in [0.25, 0.3) is 16.9 Å². The van der Waals surface area contributed by atoms with E-state index >= 15 is 0 Å². The molecule has 5 heteroatoms. The maximum Gasteiger partial charge on any atom is 0.164 e. The molecule has 0 saturated carbocycles. The minimum absolute atomic E-state index is 0.626. The smallest absolute Gasteiger partial charge is 0.164 e. The Kier molecular flexibility index (Phi) is 4.42. The van der Waals surface area contributed by atoms with Gasteiger partial charge in [-0.15, -0.1) is 0 Å². The van der Waals surface area contributed by atoms with E-state index in [9.17, 15) is 0 Å². The van der Waals surface area contributed by atoms with Crippen LogP contribution in [-0.4, -0.2) is 31.1 Å². The largest absolute Gasteiger partial charge is 0.496 e. The number of ether oxygens (including phenoxy) is 3. The lowest BCUT2D eigenvalue weighted by atomic mass is 10.1. The van der Waals surface area contributed by atoms with Gasteiger partial charge in [0.25, 0.3) is 0 Å². The Morgan fingerprint density at radius 1 is 0.792 bits per heavy atom. The number of rotatable bonds is 5. The molecule has 1 heterocycles. The Hall–Kier alpha value is -2.95. The van der Waals surface area contributed by atoms with Gasteiger partial charge in [-0.25, -0.2) is 4.68 Å². The molecule has 0 fully saturated rings. The summed E-state index contributed by atoms with van der Waals surface area (Å²) >= 11 is 0. The number of methoxy groups -OCH3 is 3. The minimum Gasteiger partial charge on any atom is -0.496 e. The summed E-state index contributed by atoms with van der Waals surface area (Å²) in [6.45, 7) is 1.97. The van der Waals surface area contributed by atoms with Crippen LogP contribution in [0.3, 0.4) is 0 Å². The molecular formula is C19H20N2O3. The normalized spacial score (nSPS) is 10.5. The van der Waals surface area contributed by atoms with Gasteiger partial charge < -0.3 is 14.2 Å². The number of aryl methyl sites for hydroxylation is 1. The lowest BCUT2D eigenvalue weighted by Gasteiger charge is -2.15. The molecule has 0 saturated heterocycles. The number of hydrogen-bond donors (Lipinski definition) is 0. The van der Waals surface area contributed by atoms with Crippen molar-refractivity contribution in [3.63, 3.8) is 0 Å². The van der Waals surface area contributed by atoms with Gasteiger partial charge in [0.1, 0.15) is 5.75 Å². The maximum atomic E-state index is 5.57. The minimum atomic E-state index is 0.626. The van der Waals surface area contributed by atoms with E-state index in [1.54, 1.807) is 21.3 Å². The highest BCUT2D eigenvalue weighted by atomic mass is 16.5. The molecule has 124 valence electrons. The molecule has 0 unspecified atom stereocenters. The van der Waals surface area contributed by atoms with Crippen LogP contribution >= 0.6 is 0 Å². The predicted octanol–water partition coefficient (Wildman–Crippen LogP) is 3.87. The molecule has 0 N–H and O–H groups in total. The Balaban J connectivity index is 2.23. The first-order valence-electron chi connectivity index (χ1n) is 7.60. The topological polar surface area (TPSA) is 45.5 Å². The van der Waals surface area contributed by atoms with Crippen LogP contribution in [-0.2, 0) is 0 Å². The number of benzene rings is 2. The summed E-state index contributed by atoms with van der Waals surface area (Å²) < 4.78 is 18.3. The third-order valence-corrected chi connectivity index (χ3v) is 3.81. The van der Waals surface area contributed by atoms with E-state index in [2.05, 4.69) is 5.10 Å². The first-order valence-corrected chi connectivity index (χ1v) is 7.60. The fraction of sp³-hybridized carbons (Fsp3) is 0.211. The van der Waals surface area contributed by atoms with E-state index in [0.717, 1.165) is 22.6 Å². The van der Waals surface area contributed by atoms with Crippen LogP contribution in [0.4, 0.5) is 0 Å². The van der Waals surface area contributed by atoms with Gasteiger partial charge in [0.2, 0.25) is 0 Å². The molecule has 0 radical (unpaired) electrons. The van der Waals surface area contributed by atoms with Gasteiger partial charge in [-0.2, -0.15) is 5.10 Å². The highest BCUT2D eigenvalue weighted by molar-refractivity contribution is 5.73. The fourth-order valence-electron chi connectivity index (χ4n) is 2.69.